The summed E-state index contributed by atoms with van der Waals surface area (Å²) >= 11 is 1.18. The van der Waals surface area contributed by atoms with E-state index in [9.17, 15) is 14.4 Å². The number of Topliss-reactive ketones (excluding diaryl/α,β-unsaturated/α-hetero) is 1. The Morgan fingerprint density at radius 3 is 2.77 bits per heavy atom. The van der Waals surface area contributed by atoms with Crippen molar-refractivity contribution in [3.05, 3.63) is 51.4 Å². The Morgan fingerprint density at radius 2 is 2.06 bits per heavy atom. The number of benzene rings is 1. The topological polar surface area (TPSA) is 93.7 Å². The molecule has 0 saturated heterocycles. The number of carbonyl (C=O) groups is 3. The number of rotatable bonds is 6. The molecular weight excluding hydrogens is 416 g/mol. The van der Waals surface area contributed by atoms with E-state index in [1.54, 1.807) is 14.0 Å². The average Bonchev–Trinajstić information content (AvgIpc) is 3.26. The van der Waals surface area contributed by atoms with Crippen LogP contribution < -0.4 is 10.8 Å². The molecule has 0 bridgehead atoms. The number of hydroxylamine groups is 1. The van der Waals surface area contributed by atoms with Crippen LogP contribution in [-0.2, 0) is 26.2 Å². The highest BCUT2D eigenvalue weighted by Gasteiger charge is 2.52. The highest BCUT2D eigenvalue weighted by atomic mass is 32.1. The van der Waals surface area contributed by atoms with Crippen molar-refractivity contribution >= 4 is 34.0 Å². The number of fused-ring (bicyclic) bond motifs is 3. The fraction of sp³-hybridized carbons (Fsp3) is 0.435. The summed E-state index contributed by atoms with van der Waals surface area (Å²) in [6, 6.07) is 8.09. The van der Waals surface area contributed by atoms with Crippen molar-refractivity contribution in [2.24, 2.45) is 0 Å². The number of anilines is 1. The first-order chi connectivity index (χ1) is 14.9. The maximum Gasteiger partial charge on any atom is 0.341 e. The highest BCUT2D eigenvalue weighted by molar-refractivity contribution is 7.19. The fourth-order valence-electron chi connectivity index (χ4n) is 4.97. The minimum absolute atomic E-state index is 0.0215. The van der Waals surface area contributed by atoms with Gasteiger partial charge >= 0.3 is 5.97 Å². The van der Waals surface area contributed by atoms with Crippen molar-refractivity contribution in [2.45, 2.75) is 44.4 Å². The van der Waals surface area contributed by atoms with Crippen LogP contribution in [0.15, 0.2) is 24.3 Å². The van der Waals surface area contributed by atoms with E-state index in [-0.39, 0.29) is 24.2 Å². The molecule has 31 heavy (non-hydrogen) atoms. The summed E-state index contributed by atoms with van der Waals surface area (Å²) in [6.07, 6.45) is 1.87. The monoisotopic (exact) mass is 442 g/mol. The molecule has 164 valence electrons. The SMILES string of the molecule is CCOC(=O)c1c(NC(C)=O)sc2c1CCC1(CC(CNOC)c3ccccc31)C2=O. The van der Waals surface area contributed by atoms with Gasteiger partial charge in [-0.1, -0.05) is 24.3 Å². The Morgan fingerprint density at radius 1 is 1.29 bits per heavy atom. The fourth-order valence-corrected chi connectivity index (χ4v) is 6.29. The number of thiophene rings is 1. The number of ether oxygens (including phenoxy) is 1. The molecule has 4 rings (SSSR count). The molecule has 1 heterocycles. The van der Waals surface area contributed by atoms with E-state index in [4.69, 9.17) is 9.57 Å². The van der Waals surface area contributed by atoms with Crippen LogP contribution in [0.2, 0.25) is 0 Å². The van der Waals surface area contributed by atoms with Gasteiger partial charge in [-0.3, -0.25) is 9.59 Å². The van der Waals surface area contributed by atoms with Crippen LogP contribution in [0.5, 0.6) is 0 Å². The van der Waals surface area contributed by atoms with E-state index in [0.717, 1.165) is 11.1 Å². The third kappa shape index (κ3) is 3.58. The molecule has 2 aliphatic carbocycles. The van der Waals surface area contributed by atoms with Crippen molar-refractivity contribution < 1.29 is 24.0 Å². The van der Waals surface area contributed by atoms with Gasteiger partial charge in [-0.05, 0) is 42.9 Å². The molecule has 0 radical (unpaired) electrons. The zero-order valence-electron chi connectivity index (χ0n) is 17.9. The average molecular weight is 443 g/mol. The molecule has 1 aromatic heterocycles. The highest BCUT2D eigenvalue weighted by Crippen LogP contribution is 2.54. The van der Waals surface area contributed by atoms with E-state index >= 15 is 0 Å². The number of hydrogen-bond acceptors (Lipinski definition) is 7. The van der Waals surface area contributed by atoms with Crippen molar-refractivity contribution in [3.63, 3.8) is 0 Å². The Kier molecular flexibility index (Phi) is 5.96. The Labute approximate surface area is 185 Å². The zero-order chi connectivity index (χ0) is 22.2. The molecule has 7 nitrogen and oxygen atoms in total. The number of esters is 1. The van der Waals surface area contributed by atoms with Crippen LogP contribution in [-0.4, -0.2) is 37.9 Å². The minimum atomic E-state index is -0.631. The Bertz CT molecular complexity index is 1050. The summed E-state index contributed by atoms with van der Waals surface area (Å²) in [4.78, 5) is 44.0. The van der Waals surface area contributed by atoms with E-state index in [2.05, 4.69) is 16.9 Å². The molecule has 0 fully saturated rings. The first kappa shape index (κ1) is 21.7. The van der Waals surface area contributed by atoms with Crippen molar-refractivity contribution in [1.29, 1.82) is 0 Å². The van der Waals surface area contributed by atoms with Gasteiger partial charge in [-0.15, -0.1) is 11.3 Å². The second kappa shape index (κ2) is 8.53. The summed E-state index contributed by atoms with van der Waals surface area (Å²) in [6.45, 7) is 3.96. The second-order valence-corrected chi connectivity index (χ2v) is 8.99. The van der Waals surface area contributed by atoms with Crippen LogP contribution in [0.1, 0.15) is 69.3 Å². The third-order valence-electron chi connectivity index (χ3n) is 6.20. The molecule has 2 atom stereocenters. The van der Waals surface area contributed by atoms with Crippen LogP contribution >= 0.6 is 11.3 Å². The minimum Gasteiger partial charge on any atom is -0.462 e. The number of nitrogens with one attached hydrogen (secondary N) is 2. The van der Waals surface area contributed by atoms with E-state index in [1.807, 2.05) is 18.2 Å². The van der Waals surface area contributed by atoms with Crippen LogP contribution in [0.3, 0.4) is 0 Å². The second-order valence-electron chi connectivity index (χ2n) is 7.97. The van der Waals surface area contributed by atoms with Gasteiger partial charge < -0.3 is 14.9 Å². The number of hydrogen-bond donors (Lipinski definition) is 2. The van der Waals surface area contributed by atoms with Gasteiger partial charge in [0.2, 0.25) is 5.91 Å². The van der Waals surface area contributed by atoms with Gasteiger partial charge in [0.15, 0.2) is 5.78 Å². The van der Waals surface area contributed by atoms with Gasteiger partial charge in [-0.25, -0.2) is 10.3 Å². The third-order valence-corrected chi connectivity index (χ3v) is 7.35. The molecule has 1 aromatic carbocycles. The summed E-state index contributed by atoms with van der Waals surface area (Å²) in [7, 11) is 1.58. The quantitative estimate of drug-likeness (QED) is 0.525. The maximum atomic E-state index is 13.9. The normalized spacial score (nSPS) is 21.6. The lowest BCUT2D eigenvalue weighted by Crippen LogP contribution is -2.38. The maximum absolute atomic E-state index is 13.9. The van der Waals surface area contributed by atoms with Crippen LogP contribution in [0.4, 0.5) is 5.00 Å². The molecular formula is C23H26N2O5S. The van der Waals surface area contributed by atoms with Gasteiger partial charge in [0.05, 0.1) is 29.6 Å². The summed E-state index contributed by atoms with van der Waals surface area (Å²) in [5.74, 6) is -0.612. The standard InChI is InChI=1S/C23H26N2O5S/c1-4-30-22(28)18-16-9-10-23(20(27)19(16)31-21(18)25-13(2)26)11-14(12-24-29-3)15-7-5-6-8-17(15)23/h5-8,14,24H,4,9-12H2,1-3H3,(H,25,26). The first-order valence-electron chi connectivity index (χ1n) is 10.4. The smallest absolute Gasteiger partial charge is 0.341 e. The van der Waals surface area contributed by atoms with Crippen molar-refractivity contribution in [1.82, 2.24) is 5.48 Å². The molecule has 2 unspecified atom stereocenters. The predicted octanol–water partition coefficient (Wildman–Crippen LogP) is 3.59. The van der Waals surface area contributed by atoms with Crippen molar-refractivity contribution in [3.8, 4) is 0 Å². The number of amides is 1. The van der Waals surface area contributed by atoms with Gasteiger partial charge in [0.1, 0.15) is 5.00 Å². The summed E-state index contributed by atoms with van der Waals surface area (Å²) in [5, 5.41) is 3.12. The molecule has 2 aliphatic rings. The lowest BCUT2D eigenvalue weighted by molar-refractivity contribution is -0.114. The summed E-state index contributed by atoms with van der Waals surface area (Å²) < 4.78 is 5.23. The zero-order valence-corrected chi connectivity index (χ0v) is 18.7. The van der Waals surface area contributed by atoms with E-state index < -0.39 is 11.4 Å². The van der Waals surface area contributed by atoms with Gasteiger partial charge in [0.25, 0.3) is 0 Å². The predicted molar refractivity (Wildman–Crippen MR) is 118 cm³/mol. The molecule has 0 saturated carbocycles. The molecule has 0 aliphatic heterocycles. The first-order valence-corrected chi connectivity index (χ1v) is 11.2. The Hall–Kier alpha value is -2.55. The van der Waals surface area contributed by atoms with Crippen molar-refractivity contribution in [2.75, 3.05) is 25.6 Å². The largest absolute Gasteiger partial charge is 0.462 e. The molecule has 1 amide bonds. The Balaban J connectivity index is 1.79. The van der Waals surface area contributed by atoms with Gasteiger partial charge in [0, 0.05) is 19.4 Å². The molecule has 2 aromatic rings. The molecule has 1 spiro atoms. The lowest BCUT2D eigenvalue weighted by atomic mass is 9.68. The van der Waals surface area contributed by atoms with E-state index in [0.29, 0.717) is 46.8 Å². The van der Waals surface area contributed by atoms with Crippen LogP contribution in [0.25, 0.3) is 0 Å². The van der Waals surface area contributed by atoms with E-state index in [1.165, 1.54) is 18.3 Å². The van der Waals surface area contributed by atoms with Crippen LogP contribution in [0, 0.1) is 0 Å². The number of carbonyl (C=O) groups excluding carboxylic acids is 3. The molecule has 8 heteroatoms. The lowest BCUT2D eigenvalue weighted by Gasteiger charge is -2.33. The summed E-state index contributed by atoms with van der Waals surface area (Å²) in [5.41, 5.74) is 5.54. The number of ketones is 1. The van der Waals surface area contributed by atoms with Gasteiger partial charge in [-0.2, -0.15) is 0 Å². The molecule has 2 N–H and O–H groups in total.